The molecule has 0 aliphatic carbocycles. The molecule has 0 aromatic heterocycles. The molecule has 0 unspecified atom stereocenters. The monoisotopic (exact) mass is 223 g/mol. The van der Waals surface area contributed by atoms with E-state index in [9.17, 15) is 0 Å². The topological polar surface area (TPSA) is 26.0 Å². The van der Waals surface area contributed by atoms with Gasteiger partial charge in [-0.05, 0) is 24.6 Å². The van der Waals surface area contributed by atoms with E-state index < -0.39 is 0 Å². The summed E-state index contributed by atoms with van der Waals surface area (Å²) in [6, 6.07) is 5.76. The molecule has 62 valence electrons. The highest BCUT2D eigenvalue weighted by atomic mass is 79.9. The fourth-order valence-electron chi connectivity index (χ4n) is 0.903. The summed E-state index contributed by atoms with van der Waals surface area (Å²) in [7, 11) is 0. The van der Waals surface area contributed by atoms with Crippen LogP contribution in [0.25, 0.3) is 0 Å². The first-order valence-corrected chi connectivity index (χ1v) is 4.77. The van der Waals surface area contributed by atoms with Crippen LogP contribution in [0.1, 0.15) is 11.1 Å². The molecule has 1 aromatic rings. The van der Waals surface area contributed by atoms with E-state index >= 15 is 0 Å². The quantitative estimate of drug-likeness (QED) is 0.408. The molecule has 1 rings (SSSR count). The van der Waals surface area contributed by atoms with Crippen LogP contribution in [0.15, 0.2) is 18.2 Å². The maximum absolute atomic E-state index is 5.62. The first-order valence-electron chi connectivity index (χ1n) is 3.65. The van der Waals surface area contributed by atoms with Gasteiger partial charge in [-0.1, -0.05) is 33.8 Å². The van der Waals surface area contributed by atoms with Gasteiger partial charge in [0, 0.05) is 11.3 Å². The number of hydrogen-bond donors (Lipinski definition) is 1. The van der Waals surface area contributed by atoms with E-state index in [0.717, 1.165) is 16.8 Å². The summed E-state index contributed by atoms with van der Waals surface area (Å²) in [4.78, 5) is 0. The Morgan fingerprint density at radius 2 is 2.25 bits per heavy atom. The van der Waals surface area contributed by atoms with Crippen molar-refractivity contribution in [3.63, 3.8) is 0 Å². The summed E-state index contributed by atoms with van der Waals surface area (Å²) in [6.45, 7) is 2.03. The lowest BCUT2D eigenvalue weighted by atomic mass is 10.1. The third-order valence-electron chi connectivity index (χ3n) is 1.55. The van der Waals surface area contributed by atoms with E-state index in [2.05, 4.69) is 27.8 Å². The number of hydrogen-bond acceptors (Lipinski definition) is 1. The normalized spacial score (nSPS) is 8.83. The van der Waals surface area contributed by atoms with Gasteiger partial charge < -0.3 is 5.73 Å². The van der Waals surface area contributed by atoms with E-state index in [-0.39, 0.29) is 0 Å². The molecule has 0 atom stereocenters. The van der Waals surface area contributed by atoms with Crippen molar-refractivity contribution < 1.29 is 0 Å². The fraction of sp³-hybridized carbons (Fsp3) is 0.200. The molecule has 0 saturated heterocycles. The number of rotatable bonds is 0. The number of alkyl halides is 1. The Kier molecular flexibility index (Phi) is 3.19. The Hall–Kier alpha value is -0.940. The van der Waals surface area contributed by atoms with Gasteiger partial charge in [0.05, 0.1) is 5.33 Å². The minimum absolute atomic E-state index is 0.696. The minimum Gasteiger partial charge on any atom is -0.399 e. The van der Waals surface area contributed by atoms with Gasteiger partial charge in [0.25, 0.3) is 0 Å². The maximum Gasteiger partial charge on any atom is 0.0649 e. The van der Waals surface area contributed by atoms with Crippen LogP contribution in [0.3, 0.4) is 0 Å². The number of anilines is 1. The average Bonchev–Trinajstić information content (AvgIpc) is 2.07. The summed E-state index contributed by atoms with van der Waals surface area (Å²) >= 11 is 3.25. The van der Waals surface area contributed by atoms with Gasteiger partial charge in [-0.25, -0.2) is 0 Å². The molecule has 2 heteroatoms. The van der Waals surface area contributed by atoms with Crippen LogP contribution in [0.2, 0.25) is 0 Å². The molecule has 1 aromatic carbocycles. The SMILES string of the molecule is Cc1ccc(N)cc1C#CCBr. The summed E-state index contributed by atoms with van der Waals surface area (Å²) < 4.78 is 0. The van der Waals surface area contributed by atoms with Crippen molar-refractivity contribution in [1.82, 2.24) is 0 Å². The van der Waals surface area contributed by atoms with Crippen LogP contribution in [0.4, 0.5) is 5.69 Å². The van der Waals surface area contributed by atoms with Gasteiger partial charge in [-0.2, -0.15) is 0 Å². The molecule has 0 bridgehead atoms. The van der Waals surface area contributed by atoms with Gasteiger partial charge in [0.2, 0.25) is 0 Å². The Morgan fingerprint density at radius 3 is 2.92 bits per heavy atom. The van der Waals surface area contributed by atoms with E-state index in [4.69, 9.17) is 5.73 Å². The molecular weight excluding hydrogens is 214 g/mol. The van der Waals surface area contributed by atoms with Crippen LogP contribution >= 0.6 is 15.9 Å². The van der Waals surface area contributed by atoms with Gasteiger partial charge in [0.1, 0.15) is 0 Å². The highest BCUT2D eigenvalue weighted by Crippen LogP contribution is 2.10. The first kappa shape index (κ1) is 9.15. The zero-order valence-electron chi connectivity index (χ0n) is 6.89. The molecule has 12 heavy (non-hydrogen) atoms. The molecule has 0 spiro atoms. The lowest BCUT2D eigenvalue weighted by Gasteiger charge is -1.98. The number of nitrogens with two attached hydrogens (primary N) is 1. The maximum atomic E-state index is 5.62. The van der Waals surface area contributed by atoms with Crippen LogP contribution < -0.4 is 5.73 Å². The summed E-state index contributed by atoms with van der Waals surface area (Å²) in [6.07, 6.45) is 0. The molecule has 0 aliphatic rings. The van der Waals surface area contributed by atoms with Crippen LogP contribution in [-0.4, -0.2) is 5.33 Å². The average molecular weight is 224 g/mol. The molecular formula is C10H10BrN. The Labute approximate surface area is 81.1 Å². The third kappa shape index (κ3) is 2.28. The Bertz CT molecular complexity index is 333. The van der Waals surface area contributed by atoms with E-state index in [1.165, 1.54) is 0 Å². The van der Waals surface area contributed by atoms with Crippen LogP contribution in [0, 0.1) is 18.8 Å². The first-order chi connectivity index (χ1) is 5.74. The van der Waals surface area contributed by atoms with E-state index in [0.29, 0.717) is 5.33 Å². The second kappa shape index (κ2) is 4.18. The van der Waals surface area contributed by atoms with Gasteiger partial charge in [-0.15, -0.1) is 0 Å². The summed E-state index contributed by atoms with van der Waals surface area (Å²) in [5, 5.41) is 0.696. The summed E-state index contributed by atoms with van der Waals surface area (Å²) in [5.41, 5.74) is 8.56. The van der Waals surface area contributed by atoms with Crippen molar-refractivity contribution >= 4 is 21.6 Å². The predicted octanol–water partition coefficient (Wildman–Crippen LogP) is 2.32. The van der Waals surface area contributed by atoms with Crippen LogP contribution in [0.5, 0.6) is 0 Å². The Balaban J connectivity index is 3.05. The van der Waals surface area contributed by atoms with Crippen molar-refractivity contribution in [1.29, 1.82) is 0 Å². The number of nitrogen functional groups attached to an aromatic ring is 1. The van der Waals surface area contributed by atoms with Gasteiger partial charge in [-0.3, -0.25) is 0 Å². The minimum atomic E-state index is 0.696. The van der Waals surface area contributed by atoms with Gasteiger partial charge in [0.15, 0.2) is 0 Å². The second-order valence-electron chi connectivity index (χ2n) is 2.51. The molecule has 0 amide bonds. The zero-order chi connectivity index (χ0) is 8.97. The van der Waals surface area contributed by atoms with Crippen molar-refractivity contribution in [3.8, 4) is 11.8 Å². The molecule has 2 N–H and O–H groups in total. The molecule has 0 radical (unpaired) electrons. The molecule has 0 aliphatic heterocycles. The van der Waals surface area contributed by atoms with Crippen LogP contribution in [-0.2, 0) is 0 Å². The van der Waals surface area contributed by atoms with Crippen molar-refractivity contribution in [2.75, 3.05) is 11.1 Å². The third-order valence-corrected chi connectivity index (χ3v) is 1.83. The predicted molar refractivity (Wildman–Crippen MR) is 56.3 cm³/mol. The zero-order valence-corrected chi connectivity index (χ0v) is 8.48. The lowest BCUT2D eigenvalue weighted by Crippen LogP contribution is -1.88. The van der Waals surface area contributed by atoms with Crippen molar-refractivity contribution in [3.05, 3.63) is 29.3 Å². The van der Waals surface area contributed by atoms with Gasteiger partial charge >= 0.3 is 0 Å². The van der Waals surface area contributed by atoms with Crippen molar-refractivity contribution in [2.45, 2.75) is 6.92 Å². The standard InChI is InChI=1S/C10H10BrN/c1-8-4-5-10(12)7-9(8)3-2-6-11/h4-5,7H,6,12H2,1H3. The fourth-order valence-corrected chi connectivity index (χ4v) is 1.04. The summed E-state index contributed by atoms with van der Waals surface area (Å²) in [5.74, 6) is 5.97. The van der Waals surface area contributed by atoms with E-state index in [1.807, 2.05) is 25.1 Å². The molecule has 0 fully saturated rings. The Morgan fingerprint density at radius 1 is 1.50 bits per heavy atom. The highest BCUT2D eigenvalue weighted by Gasteiger charge is 1.93. The number of halogens is 1. The van der Waals surface area contributed by atoms with E-state index in [1.54, 1.807) is 0 Å². The highest BCUT2D eigenvalue weighted by molar-refractivity contribution is 9.09. The molecule has 1 nitrogen and oxygen atoms in total. The smallest absolute Gasteiger partial charge is 0.0649 e. The number of benzene rings is 1. The number of aryl methyl sites for hydroxylation is 1. The lowest BCUT2D eigenvalue weighted by molar-refractivity contribution is 1.44. The molecule has 0 heterocycles. The molecule has 0 saturated carbocycles. The second-order valence-corrected chi connectivity index (χ2v) is 3.07. The van der Waals surface area contributed by atoms with Crippen molar-refractivity contribution in [2.24, 2.45) is 0 Å². The largest absolute Gasteiger partial charge is 0.399 e.